The van der Waals surface area contributed by atoms with E-state index < -0.39 is 0 Å². The molecule has 0 saturated heterocycles. The standard InChI is InChI=1S/C25H29N5O2/c1-25(2,3)30-24(26-27-28-30)23(20-12-14-21(31-4)15-13-20)29(18-22-11-8-16-32-22)17-19-9-6-5-7-10-19/h5-16,23H,17-18H2,1-4H3/t23-/m1/s1. The molecule has 0 saturated carbocycles. The second-order valence-corrected chi connectivity index (χ2v) is 8.77. The van der Waals surface area contributed by atoms with Crippen LogP contribution in [0.25, 0.3) is 0 Å². The summed E-state index contributed by atoms with van der Waals surface area (Å²) in [5, 5.41) is 12.9. The van der Waals surface area contributed by atoms with Gasteiger partial charge in [-0.3, -0.25) is 4.90 Å². The molecular weight excluding hydrogens is 402 g/mol. The number of ether oxygens (including phenoxy) is 1. The fraction of sp³-hybridized carbons (Fsp3) is 0.320. The second-order valence-electron chi connectivity index (χ2n) is 8.77. The molecule has 7 nitrogen and oxygen atoms in total. The minimum absolute atomic E-state index is 0.194. The number of hydrogen-bond donors (Lipinski definition) is 0. The number of rotatable bonds is 8. The monoisotopic (exact) mass is 431 g/mol. The maximum atomic E-state index is 5.72. The number of aromatic nitrogens is 4. The first kappa shape index (κ1) is 21.8. The molecule has 1 atom stereocenters. The summed E-state index contributed by atoms with van der Waals surface area (Å²) in [5.41, 5.74) is 2.01. The lowest BCUT2D eigenvalue weighted by Crippen LogP contribution is -2.34. The number of benzene rings is 2. The number of hydrogen-bond acceptors (Lipinski definition) is 6. The summed E-state index contributed by atoms with van der Waals surface area (Å²) in [7, 11) is 1.67. The van der Waals surface area contributed by atoms with Gasteiger partial charge in [0.1, 0.15) is 11.5 Å². The van der Waals surface area contributed by atoms with Crippen molar-refractivity contribution in [2.75, 3.05) is 7.11 Å². The summed E-state index contributed by atoms with van der Waals surface area (Å²) in [6.07, 6.45) is 1.71. The summed E-state index contributed by atoms with van der Waals surface area (Å²) in [5.74, 6) is 2.47. The topological polar surface area (TPSA) is 69.2 Å². The second kappa shape index (κ2) is 9.36. The van der Waals surface area contributed by atoms with Gasteiger partial charge in [-0.2, -0.15) is 0 Å². The molecule has 0 aliphatic rings. The van der Waals surface area contributed by atoms with Crippen molar-refractivity contribution in [3.63, 3.8) is 0 Å². The zero-order valence-corrected chi connectivity index (χ0v) is 19.0. The van der Waals surface area contributed by atoms with Gasteiger partial charge in [0.15, 0.2) is 5.82 Å². The maximum Gasteiger partial charge on any atom is 0.173 e. The van der Waals surface area contributed by atoms with Gasteiger partial charge >= 0.3 is 0 Å². The minimum atomic E-state index is -0.271. The van der Waals surface area contributed by atoms with Crippen molar-refractivity contribution in [2.24, 2.45) is 0 Å². The molecule has 0 aliphatic heterocycles. The van der Waals surface area contributed by atoms with Gasteiger partial charge in [0, 0.05) is 6.54 Å². The summed E-state index contributed by atoms with van der Waals surface area (Å²) in [6, 6.07) is 22.2. The fourth-order valence-corrected chi connectivity index (χ4v) is 3.81. The molecule has 7 heteroatoms. The number of tetrazole rings is 1. The quantitative estimate of drug-likeness (QED) is 0.398. The first-order valence-electron chi connectivity index (χ1n) is 10.7. The number of methoxy groups -OCH3 is 1. The van der Waals surface area contributed by atoms with Crippen LogP contribution >= 0.6 is 0 Å². The molecule has 2 heterocycles. The van der Waals surface area contributed by atoms with E-state index in [-0.39, 0.29) is 11.6 Å². The van der Waals surface area contributed by atoms with Crippen LogP contribution in [0.2, 0.25) is 0 Å². The van der Waals surface area contributed by atoms with E-state index in [1.165, 1.54) is 5.56 Å². The van der Waals surface area contributed by atoms with Crippen molar-refractivity contribution >= 4 is 0 Å². The molecule has 0 aliphatic carbocycles. The van der Waals surface area contributed by atoms with Crippen molar-refractivity contribution in [2.45, 2.75) is 45.4 Å². The van der Waals surface area contributed by atoms with Crippen LogP contribution in [0.3, 0.4) is 0 Å². The first-order valence-corrected chi connectivity index (χ1v) is 10.7. The highest BCUT2D eigenvalue weighted by atomic mass is 16.5. The van der Waals surface area contributed by atoms with Crippen LogP contribution in [0.1, 0.15) is 49.5 Å². The molecule has 32 heavy (non-hydrogen) atoms. The van der Waals surface area contributed by atoms with Gasteiger partial charge < -0.3 is 9.15 Å². The van der Waals surface area contributed by atoms with E-state index in [4.69, 9.17) is 9.15 Å². The fourth-order valence-electron chi connectivity index (χ4n) is 3.81. The van der Waals surface area contributed by atoms with E-state index in [0.717, 1.165) is 22.9 Å². The third-order valence-corrected chi connectivity index (χ3v) is 5.34. The molecule has 166 valence electrons. The Bertz CT molecular complexity index is 1100. The van der Waals surface area contributed by atoms with Crippen molar-refractivity contribution in [1.29, 1.82) is 0 Å². The first-order chi connectivity index (χ1) is 15.5. The normalized spacial score (nSPS) is 12.8. The van der Waals surface area contributed by atoms with Gasteiger partial charge in [0.2, 0.25) is 0 Å². The lowest BCUT2D eigenvalue weighted by molar-refractivity contribution is 0.172. The summed E-state index contributed by atoms with van der Waals surface area (Å²) < 4.78 is 13.0. The average molecular weight is 432 g/mol. The van der Waals surface area contributed by atoms with Crippen LogP contribution in [0.5, 0.6) is 5.75 Å². The molecule has 2 aromatic heterocycles. The van der Waals surface area contributed by atoms with Crippen LogP contribution in [-0.4, -0.2) is 32.2 Å². The van der Waals surface area contributed by atoms with Crippen LogP contribution in [-0.2, 0) is 18.6 Å². The van der Waals surface area contributed by atoms with Crippen LogP contribution in [0.15, 0.2) is 77.4 Å². The van der Waals surface area contributed by atoms with Crippen molar-refractivity contribution in [3.8, 4) is 5.75 Å². The minimum Gasteiger partial charge on any atom is -0.497 e. The lowest BCUT2D eigenvalue weighted by atomic mass is 10.0. The Morgan fingerprint density at radius 2 is 1.72 bits per heavy atom. The predicted octanol–water partition coefficient (Wildman–Crippen LogP) is 4.82. The predicted molar refractivity (Wildman–Crippen MR) is 122 cm³/mol. The van der Waals surface area contributed by atoms with Gasteiger partial charge in [0.25, 0.3) is 0 Å². The largest absolute Gasteiger partial charge is 0.497 e. The van der Waals surface area contributed by atoms with Crippen LogP contribution in [0.4, 0.5) is 0 Å². The van der Waals surface area contributed by atoms with E-state index in [2.05, 4.69) is 77.6 Å². The molecular formula is C25H29N5O2. The van der Waals surface area contributed by atoms with Crippen molar-refractivity contribution in [1.82, 2.24) is 25.1 Å². The highest BCUT2D eigenvalue weighted by Gasteiger charge is 2.32. The molecule has 0 N–H and O–H groups in total. The Kier molecular flexibility index (Phi) is 6.37. The Labute approximate surface area is 188 Å². The van der Waals surface area contributed by atoms with Gasteiger partial charge in [-0.25, -0.2) is 4.68 Å². The van der Waals surface area contributed by atoms with Gasteiger partial charge in [0.05, 0.1) is 31.5 Å². The van der Waals surface area contributed by atoms with E-state index in [0.29, 0.717) is 13.1 Å². The third kappa shape index (κ3) is 4.89. The molecule has 4 aromatic rings. The summed E-state index contributed by atoms with van der Waals surface area (Å²) >= 11 is 0. The number of nitrogens with zero attached hydrogens (tertiary/aromatic N) is 5. The molecule has 0 spiro atoms. The molecule has 0 unspecified atom stereocenters. The van der Waals surface area contributed by atoms with Gasteiger partial charge in [-0.15, -0.1) is 5.10 Å². The Morgan fingerprint density at radius 1 is 0.969 bits per heavy atom. The number of furan rings is 1. The van der Waals surface area contributed by atoms with E-state index >= 15 is 0 Å². The maximum absolute atomic E-state index is 5.72. The molecule has 0 bridgehead atoms. The zero-order chi connectivity index (χ0) is 22.6. The summed E-state index contributed by atoms with van der Waals surface area (Å²) in [6.45, 7) is 7.62. The Balaban J connectivity index is 1.83. The van der Waals surface area contributed by atoms with Crippen LogP contribution in [0, 0.1) is 0 Å². The Hall–Kier alpha value is -3.45. The highest BCUT2D eigenvalue weighted by molar-refractivity contribution is 5.32. The van der Waals surface area contributed by atoms with Gasteiger partial charge in [-0.1, -0.05) is 42.5 Å². The third-order valence-electron chi connectivity index (χ3n) is 5.34. The van der Waals surface area contributed by atoms with Crippen LogP contribution < -0.4 is 4.74 Å². The average Bonchev–Trinajstić information content (AvgIpc) is 3.47. The molecule has 0 radical (unpaired) electrons. The smallest absolute Gasteiger partial charge is 0.173 e. The highest BCUT2D eigenvalue weighted by Crippen LogP contribution is 2.33. The molecule has 4 rings (SSSR count). The van der Waals surface area contributed by atoms with Crippen molar-refractivity contribution < 1.29 is 9.15 Å². The van der Waals surface area contributed by atoms with E-state index in [1.54, 1.807) is 13.4 Å². The lowest BCUT2D eigenvalue weighted by Gasteiger charge is -2.32. The zero-order valence-electron chi connectivity index (χ0n) is 19.0. The Morgan fingerprint density at radius 3 is 2.34 bits per heavy atom. The van der Waals surface area contributed by atoms with Gasteiger partial charge in [-0.05, 0) is 66.6 Å². The SMILES string of the molecule is COc1ccc([C@H](c2nnnn2C(C)(C)C)N(Cc2ccccc2)Cc2ccco2)cc1. The summed E-state index contributed by atoms with van der Waals surface area (Å²) in [4.78, 5) is 2.34. The van der Waals surface area contributed by atoms with E-state index in [9.17, 15) is 0 Å². The van der Waals surface area contributed by atoms with E-state index in [1.807, 2.05) is 35.0 Å². The molecule has 2 aromatic carbocycles. The molecule has 0 amide bonds. The molecule has 0 fully saturated rings. The van der Waals surface area contributed by atoms with Crippen molar-refractivity contribution in [3.05, 3.63) is 95.7 Å².